The second kappa shape index (κ2) is 8.19. The van der Waals surface area contributed by atoms with Crippen molar-refractivity contribution in [2.24, 2.45) is 0 Å². The van der Waals surface area contributed by atoms with Crippen LogP contribution < -0.4 is 0 Å². The van der Waals surface area contributed by atoms with Crippen molar-refractivity contribution in [3.63, 3.8) is 0 Å². The lowest BCUT2D eigenvalue weighted by Crippen LogP contribution is -2.14. The number of aliphatic carboxylic acids is 1. The van der Waals surface area contributed by atoms with Crippen LogP contribution in [0.3, 0.4) is 0 Å². The van der Waals surface area contributed by atoms with E-state index in [0.29, 0.717) is 25.7 Å². The molecule has 0 aliphatic rings. The van der Waals surface area contributed by atoms with Gasteiger partial charge in [0, 0.05) is 11.8 Å². The third-order valence-corrected chi connectivity index (χ3v) is 3.62. The number of hydrogen-bond donors (Lipinski definition) is 1. The summed E-state index contributed by atoms with van der Waals surface area (Å²) in [6.45, 7) is 0. The van der Waals surface area contributed by atoms with Crippen molar-refractivity contribution in [3.8, 4) is 0 Å². The molecule has 0 bridgehead atoms. The maximum atomic E-state index is 11.8. The van der Waals surface area contributed by atoms with E-state index in [9.17, 15) is 26.4 Å². The highest BCUT2D eigenvalue weighted by molar-refractivity contribution is 7.94. The molecule has 4 nitrogen and oxygen atoms in total. The summed E-state index contributed by atoms with van der Waals surface area (Å²) in [5, 5.41) is 9.16. The van der Waals surface area contributed by atoms with Crippen LogP contribution in [0, 0.1) is 0 Å². The summed E-state index contributed by atoms with van der Waals surface area (Å²) in [7, 11) is -3.82. The highest BCUT2D eigenvalue weighted by Gasteiger charge is 2.29. The molecule has 0 rings (SSSR count). The van der Waals surface area contributed by atoms with Gasteiger partial charge in [-0.1, -0.05) is 12.5 Å². The Hall–Kier alpha value is -1.05. The molecule has 0 aromatic rings. The third-order valence-electron chi connectivity index (χ3n) is 2.24. The molecule has 0 aliphatic carbocycles. The Morgan fingerprint density at radius 3 is 2.32 bits per heavy atom. The van der Waals surface area contributed by atoms with Gasteiger partial charge in [-0.05, 0) is 19.3 Å². The van der Waals surface area contributed by atoms with Gasteiger partial charge >= 0.3 is 12.1 Å². The Bertz CT molecular complexity index is 399. The number of carboxylic acid groups (broad SMARTS) is 1. The quantitative estimate of drug-likeness (QED) is 0.665. The van der Waals surface area contributed by atoms with Crippen molar-refractivity contribution in [1.82, 2.24) is 0 Å². The van der Waals surface area contributed by atoms with Gasteiger partial charge in [0.05, 0.1) is 12.2 Å². The van der Waals surface area contributed by atoms with Gasteiger partial charge in [-0.25, -0.2) is 8.42 Å². The second-order valence-electron chi connectivity index (χ2n) is 4.10. The molecule has 1 N–H and O–H groups in total. The predicted octanol–water partition coefficient (Wildman–Crippen LogP) is 2.90. The zero-order chi connectivity index (χ0) is 14.9. The molecule has 0 unspecified atom stereocenters. The third kappa shape index (κ3) is 13.2. The van der Waals surface area contributed by atoms with E-state index in [-0.39, 0.29) is 6.42 Å². The van der Waals surface area contributed by atoms with E-state index in [0.717, 1.165) is 5.41 Å². The molecule has 8 heteroatoms. The monoisotopic (exact) mass is 302 g/mol. The lowest BCUT2D eigenvalue weighted by atomic mass is 10.1. The Morgan fingerprint density at radius 1 is 1.16 bits per heavy atom. The van der Waals surface area contributed by atoms with Crippen molar-refractivity contribution < 1.29 is 31.5 Å². The van der Waals surface area contributed by atoms with Crippen molar-refractivity contribution in [2.45, 2.75) is 44.7 Å². The number of alkyl halides is 3. The first-order valence-corrected chi connectivity index (χ1v) is 7.52. The average Bonchev–Trinajstić information content (AvgIpc) is 2.24. The SMILES string of the molecule is O=C(O)CCCCCC=CS(=O)(=O)CCC(F)(F)F. The van der Waals surface area contributed by atoms with Gasteiger partial charge in [0.25, 0.3) is 0 Å². The first-order chi connectivity index (χ1) is 8.62. The second-order valence-corrected chi connectivity index (χ2v) is 6.10. The van der Waals surface area contributed by atoms with Crippen LogP contribution in [0.5, 0.6) is 0 Å². The number of sulfone groups is 1. The lowest BCUT2D eigenvalue weighted by Gasteiger charge is -2.04. The molecule has 112 valence electrons. The van der Waals surface area contributed by atoms with E-state index in [1.807, 2.05) is 0 Å². The van der Waals surface area contributed by atoms with Gasteiger partial charge in [-0.2, -0.15) is 13.2 Å². The summed E-state index contributed by atoms with van der Waals surface area (Å²) in [5.41, 5.74) is 0. The van der Waals surface area contributed by atoms with Gasteiger partial charge in [0.2, 0.25) is 0 Å². The lowest BCUT2D eigenvalue weighted by molar-refractivity contribution is -0.137. The molecule has 0 saturated carbocycles. The zero-order valence-corrected chi connectivity index (χ0v) is 11.1. The largest absolute Gasteiger partial charge is 0.481 e. The minimum Gasteiger partial charge on any atom is -0.481 e. The standard InChI is InChI=1S/C11H17F3O4S/c12-11(13,14)7-9-19(17,18)8-5-3-1-2-4-6-10(15)16/h5,8H,1-4,6-7,9H2,(H,15,16). The maximum Gasteiger partial charge on any atom is 0.390 e. The van der Waals surface area contributed by atoms with E-state index in [1.54, 1.807) is 0 Å². The summed E-state index contributed by atoms with van der Waals surface area (Å²) >= 11 is 0. The van der Waals surface area contributed by atoms with E-state index in [4.69, 9.17) is 5.11 Å². The van der Waals surface area contributed by atoms with Crippen molar-refractivity contribution >= 4 is 15.8 Å². The fourth-order valence-corrected chi connectivity index (χ4v) is 2.34. The van der Waals surface area contributed by atoms with Crippen LogP contribution in [0.2, 0.25) is 0 Å². The Balaban J connectivity index is 3.83. The summed E-state index contributed by atoms with van der Waals surface area (Å²) in [6.07, 6.45) is -2.29. The van der Waals surface area contributed by atoms with Gasteiger partial charge in [0.15, 0.2) is 9.84 Å². The molecular formula is C11H17F3O4S. The molecule has 19 heavy (non-hydrogen) atoms. The van der Waals surface area contributed by atoms with E-state index in [1.165, 1.54) is 6.08 Å². The highest BCUT2D eigenvalue weighted by Crippen LogP contribution is 2.20. The van der Waals surface area contributed by atoms with Crippen molar-refractivity contribution in [3.05, 3.63) is 11.5 Å². The molecule has 0 atom stereocenters. The van der Waals surface area contributed by atoms with Crippen LogP contribution in [-0.2, 0) is 14.6 Å². The Kier molecular flexibility index (Phi) is 7.73. The van der Waals surface area contributed by atoms with Gasteiger partial charge in [-0.3, -0.25) is 4.79 Å². The number of carbonyl (C=O) groups is 1. The molecule has 0 radical (unpaired) electrons. The van der Waals surface area contributed by atoms with Gasteiger partial charge < -0.3 is 5.11 Å². The molecule has 0 amide bonds. The first-order valence-electron chi connectivity index (χ1n) is 5.80. The molecule has 0 saturated heterocycles. The predicted molar refractivity (Wildman–Crippen MR) is 64.3 cm³/mol. The molecular weight excluding hydrogens is 285 g/mol. The van der Waals surface area contributed by atoms with Crippen molar-refractivity contribution in [1.29, 1.82) is 0 Å². The van der Waals surface area contributed by atoms with Crippen LogP contribution >= 0.6 is 0 Å². The first kappa shape index (κ1) is 17.9. The average molecular weight is 302 g/mol. The topological polar surface area (TPSA) is 71.4 Å². The number of unbranched alkanes of at least 4 members (excludes halogenated alkanes) is 3. The van der Waals surface area contributed by atoms with Crippen LogP contribution in [0.25, 0.3) is 0 Å². The summed E-state index contributed by atoms with van der Waals surface area (Å²) in [4.78, 5) is 10.2. The van der Waals surface area contributed by atoms with E-state index >= 15 is 0 Å². The number of carboxylic acids is 1. The number of rotatable bonds is 9. The fourth-order valence-electron chi connectivity index (χ4n) is 1.26. The highest BCUT2D eigenvalue weighted by atomic mass is 32.2. The Labute approximate surface area is 110 Å². The molecule has 0 heterocycles. The zero-order valence-electron chi connectivity index (χ0n) is 10.3. The van der Waals surface area contributed by atoms with Crippen LogP contribution in [0.15, 0.2) is 11.5 Å². The normalized spacial score (nSPS) is 13.0. The number of allylic oxidation sites excluding steroid dienone is 1. The number of halogens is 3. The molecule has 0 spiro atoms. The van der Waals surface area contributed by atoms with Crippen LogP contribution in [0.4, 0.5) is 13.2 Å². The van der Waals surface area contributed by atoms with Crippen molar-refractivity contribution in [2.75, 3.05) is 5.75 Å². The van der Waals surface area contributed by atoms with E-state index < -0.39 is 34.2 Å². The Morgan fingerprint density at radius 2 is 1.79 bits per heavy atom. The molecule has 0 aromatic carbocycles. The molecule has 0 aliphatic heterocycles. The molecule has 0 aromatic heterocycles. The minimum absolute atomic E-state index is 0.0631. The van der Waals surface area contributed by atoms with Crippen LogP contribution in [0.1, 0.15) is 38.5 Å². The van der Waals surface area contributed by atoms with Crippen LogP contribution in [-0.4, -0.2) is 31.4 Å². The maximum absolute atomic E-state index is 11.8. The van der Waals surface area contributed by atoms with E-state index in [2.05, 4.69) is 0 Å². The smallest absolute Gasteiger partial charge is 0.390 e. The fraction of sp³-hybridized carbons (Fsp3) is 0.727. The van der Waals surface area contributed by atoms with Gasteiger partial charge in [0.1, 0.15) is 0 Å². The summed E-state index contributed by atoms with van der Waals surface area (Å²) < 4.78 is 57.9. The summed E-state index contributed by atoms with van der Waals surface area (Å²) in [5.74, 6) is -1.82. The summed E-state index contributed by atoms with van der Waals surface area (Å²) in [6, 6.07) is 0. The van der Waals surface area contributed by atoms with Gasteiger partial charge in [-0.15, -0.1) is 0 Å². The minimum atomic E-state index is -4.47. The number of hydrogen-bond acceptors (Lipinski definition) is 3. The molecule has 0 fully saturated rings.